The Hall–Kier alpha value is -3.50. The van der Waals surface area contributed by atoms with E-state index in [9.17, 15) is 36.2 Å². The fourth-order valence-corrected chi connectivity index (χ4v) is 3.40. The summed E-state index contributed by atoms with van der Waals surface area (Å²) >= 11 is 0. The van der Waals surface area contributed by atoms with Gasteiger partial charge in [-0.3, -0.25) is 4.79 Å². The average molecular weight is 531 g/mol. The molecule has 0 saturated heterocycles. The van der Waals surface area contributed by atoms with Crippen molar-refractivity contribution >= 4 is 12.6 Å². The minimum absolute atomic E-state index is 0.0188. The van der Waals surface area contributed by atoms with E-state index in [1.54, 1.807) is 6.92 Å². The Kier molecular flexibility index (Phi) is 10.2. The van der Waals surface area contributed by atoms with Crippen molar-refractivity contribution < 1.29 is 45.6 Å². The highest BCUT2D eigenvalue weighted by Gasteiger charge is 2.32. The predicted molar refractivity (Wildman–Crippen MR) is 123 cm³/mol. The molecular formula is C26H28F6N2O3. The molecule has 0 heterocycles. The van der Waals surface area contributed by atoms with Gasteiger partial charge in [0, 0.05) is 19.5 Å². The topological polar surface area (TPSA) is 55.6 Å². The largest absolute Gasteiger partial charge is 0.609 e. The molecule has 0 aliphatic heterocycles. The second-order valence-electron chi connectivity index (χ2n) is 8.24. The molecule has 0 aliphatic carbocycles. The zero-order chi connectivity index (χ0) is 27.8. The Morgan fingerprint density at radius 3 is 1.68 bits per heavy atom. The van der Waals surface area contributed by atoms with Crippen molar-refractivity contribution in [2.45, 2.75) is 52.1 Å². The van der Waals surface area contributed by atoms with E-state index >= 15 is 0 Å². The molecule has 202 valence electrons. The van der Waals surface area contributed by atoms with Gasteiger partial charge in [0.05, 0.1) is 11.1 Å². The molecule has 0 N–H and O–H groups in total. The van der Waals surface area contributed by atoms with Crippen LogP contribution in [0.2, 0.25) is 0 Å². The summed E-state index contributed by atoms with van der Waals surface area (Å²) in [5, 5.41) is 12.7. The van der Waals surface area contributed by atoms with Gasteiger partial charge in [0.2, 0.25) is 0 Å². The van der Waals surface area contributed by atoms with Gasteiger partial charge < -0.3 is 14.7 Å². The molecule has 0 atom stereocenters. The van der Waals surface area contributed by atoms with Crippen LogP contribution in [-0.4, -0.2) is 35.3 Å². The van der Waals surface area contributed by atoms with Gasteiger partial charge in [0.15, 0.2) is 0 Å². The van der Waals surface area contributed by atoms with E-state index in [2.05, 4.69) is 6.72 Å². The molecule has 11 heteroatoms. The van der Waals surface area contributed by atoms with Crippen molar-refractivity contribution in [2.24, 2.45) is 0 Å². The van der Waals surface area contributed by atoms with Crippen LogP contribution in [0, 0.1) is 0 Å². The summed E-state index contributed by atoms with van der Waals surface area (Å²) in [5.74, 6) is -1.74. The lowest BCUT2D eigenvalue weighted by atomic mass is 10.1. The molecule has 37 heavy (non-hydrogen) atoms. The number of unbranched alkanes of at least 4 members (excludes halogenated alkanes) is 1. The average Bonchev–Trinajstić information content (AvgIpc) is 2.82. The van der Waals surface area contributed by atoms with Crippen molar-refractivity contribution in [3.8, 4) is 0 Å². The van der Waals surface area contributed by atoms with Gasteiger partial charge in [0.25, 0.3) is 5.70 Å². The Morgan fingerprint density at radius 1 is 0.892 bits per heavy atom. The molecular weight excluding hydrogens is 502 g/mol. The molecule has 0 aliphatic rings. The number of halogens is 6. The first kappa shape index (κ1) is 29.7. The van der Waals surface area contributed by atoms with Crippen molar-refractivity contribution in [2.75, 3.05) is 13.2 Å². The number of hydrogen-bond acceptors (Lipinski definition) is 3. The van der Waals surface area contributed by atoms with Gasteiger partial charge in [-0.15, -0.1) is 0 Å². The third kappa shape index (κ3) is 8.54. The van der Waals surface area contributed by atoms with Crippen LogP contribution in [-0.2, 0) is 35.0 Å². The Balaban J connectivity index is 2.46. The maximum Gasteiger partial charge on any atom is 0.416 e. The van der Waals surface area contributed by atoms with Gasteiger partial charge >= 0.3 is 18.3 Å². The van der Waals surface area contributed by atoms with Crippen LogP contribution >= 0.6 is 0 Å². The first-order valence-corrected chi connectivity index (χ1v) is 11.5. The van der Waals surface area contributed by atoms with Gasteiger partial charge in [-0.2, -0.15) is 30.9 Å². The summed E-state index contributed by atoms with van der Waals surface area (Å²) in [6, 6.07) is 8.22. The van der Waals surface area contributed by atoms with E-state index in [4.69, 9.17) is 4.74 Å². The highest BCUT2D eigenvalue weighted by molar-refractivity contribution is 5.91. The van der Waals surface area contributed by atoms with Gasteiger partial charge in [-0.25, -0.2) is 0 Å². The number of hydrogen-bond donors (Lipinski definition) is 0. The van der Waals surface area contributed by atoms with Gasteiger partial charge in [-0.1, -0.05) is 44.5 Å². The Morgan fingerprint density at radius 2 is 1.32 bits per heavy atom. The normalized spacial score (nSPS) is 12.6. The minimum Gasteiger partial charge on any atom is -0.609 e. The molecule has 0 saturated carbocycles. The first-order valence-electron chi connectivity index (χ1n) is 11.5. The fourth-order valence-electron chi connectivity index (χ4n) is 3.40. The maximum absolute atomic E-state index is 13.6. The predicted octanol–water partition coefficient (Wildman–Crippen LogP) is 5.33. The Labute approximate surface area is 211 Å². The number of nitrogens with zero attached hydrogens (tertiary/aromatic N) is 2. The lowest BCUT2D eigenvalue weighted by Crippen LogP contribution is -2.37. The third-order valence-electron chi connectivity index (χ3n) is 5.37. The van der Waals surface area contributed by atoms with Gasteiger partial charge in [-0.05, 0) is 42.0 Å². The zero-order valence-corrected chi connectivity index (χ0v) is 20.5. The molecule has 2 rings (SSSR count). The van der Waals surface area contributed by atoms with Crippen LogP contribution in [0.25, 0.3) is 0 Å². The van der Waals surface area contributed by atoms with Crippen molar-refractivity contribution in [3.63, 3.8) is 0 Å². The molecule has 5 nitrogen and oxygen atoms in total. The molecule has 1 amide bonds. The lowest BCUT2D eigenvalue weighted by Gasteiger charge is -2.25. The van der Waals surface area contributed by atoms with Gasteiger partial charge in [0.1, 0.15) is 19.2 Å². The second kappa shape index (κ2) is 12.6. The summed E-state index contributed by atoms with van der Waals surface area (Å²) in [6.07, 6.45) is -7.74. The monoisotopic (exact) mass is 530 g/mol. The quantitative estimate of drug-likeness (QED) is 0.130. The number of alkyl halides is 6. The molecule has 2 aromatic carbocycles. The van der Waals surface area contributed by atoms with E-state index in [0.29, 0.717) is 17.5 Å². The van der Waals surface area contributed by atoms with E-state index in [-0.39, 0.29) is 31.9 Å². The van der Waals surface area contributed by atoms with E-state index < -0.39 is 35.3 Å². The number of carbonyl (C=O) groups is 1. The van der Waals surface area contributed by atoms with Crippen LogP contribution in [0.15, 0.2) is 60.2 Å². The van der Waals surface area contributed by atoms with Crippen molar-refractivity contribution in [3.05, 3.63) is 82.4 Å². The van der Waals surface area contributed by atoms with Crippen molar-refractivity contribution in [1.29, 1.82) is 0 Å². The fraction of sp³-hybridized carbons (Fsp3) is 0.385. The minimum atomic E-state index is -4.55. The first-order chi connectivity index (χ1) is 17.3. The summed E-state index contributed by atoms with van der Waals surface area (Å²) in [4.78, 5) is 14.7. The van der Waals surface area contributed by atoms with E-state index in [0.717, 1.165) is 35.6 Å². The summed E-state index contributed by atoms with van der Waals surface area (Å²) in [7, 11) is 0. The molecule has 0 radical (unpaired) electrons. The molecule has 2 aromatic rings. The smallest absolute Gasteiger partial charge is 0.416 e. The van der Waals surface area contributed by atoms with Crippen LogP contribution in [0.5, 0.6) is 0 Å². The summed E-state index contributed by atoms with van der Waals surface area (Å²) in [6.45, 7) is 7.03. The Bertz CT molecular complexity index is 1030. The van der Waals surface area contributed by atoms with Crippen LogP contribution in [0.3, 0.4) is 0 Å². The van der Waals surface area contributed by atoms with Crippen LogP contribution in [0.4, 0.5) is 26.3 Å². The lowest BCUT2D eigenvalue weighted by molar-refractivity contribution is -0.484. The highest BCUT2D eigenvalue weighted by Crippen LogP contribution is 2.30. The molecule has 0 spiro atoms. The second-order valence-corrected chi connectivity index (χ2v) is 8.24. The molecule has 0 fully saturated rings. The standard InChI is InChI=1S/C26H28F6N2O3/c1-4-6-15-33(3)22(24(36)37-5-2)23(35)34(16-18-7-11-20(12-8-18)25(27,28)29)17-19-9-13-21(14-10-19)26(30,31)32/h7-14H,3-6,15-17H2,1-2H3. The summed E-state index contributed by atoms with van der Waals surface area (Å²) < 4.78 is 84.0. The van der Waals surface area contributed by atoms with Crippen molar-refractivity contribution in [1.82, 2.24) is 4.90 Å². The number of amides is 1. The summed E-state index contributed by atoms with van der Waals surface area (Å²) in [5.41, 5.74) is -1.49. The molecule has 0 aromatic heterocycles. The number of carbonyl (C=O) groups excluding carboxylic acids is 1. The number of benzene rings is 2. The SMILES string of the molecule is C=[N+](CCCC)/C(C(=O)N(Cc1ccc(C(F)(F)F)cc1)Cc1ccc(C(F)(F)F)cc1)=C(/[O-])OCC. The number of rotatable bonds is 11. The van der Waals surface area contributed by atoms with Crippen LogP contribution < -0.4 is 5.11 Å². The number of ether oxygens (including phenoxy) is 1. The maximum atomic E-state index is 13.6. The highest BCUT2D eigenvalue weighted by atomic mass is 19.4. The van der Waals surface area contributed by atoms with E-state index in [1.807, 2.05) is 6.92 Å². The van der Waals surface area contributed by atoms with Crippen LogP contribution in [0.1, 0.15) is 48.9 Å². The molecule has 0 bridgehead atoms. The zero-order valence-electron chi connectivity index (χ0n) is 20.5. The third-order valence-corrected chi connectivity index (χ3v) is 5.37. The van der Waals surface area contributed by atoms with E-state index in [1.165, 1.54) is 28.8 Å². The molecule has 0 unspecified atom stereocenters.